The summed E-state index contributed by atoms with van der Waals surface area (Å²) in [7, 11) is 0. The van der Waals surface area contributed by atoms with E-state index < -0.39 is 0 Å². The maximum atomic E-state index is 12.7. The fourth-order valence-electron chi connectivity index (χ4n) is 4.96. The van der Waals surface area contributed by atoms with Crippen LogP contribution in [0, 0.1) is 0 Å². The molecule has 1 N–H and O–H groups in total. The molecule has 1 saturated heterocycles. The normalized spacial score (nSPS) is 23.8. The molecular formula is C22H30N4O2. The summed E-state index contributed by atoms with van der Waals surface area (Å²) in [6, 6.07) is 6.31. The molecule has 0 unspecified atom stereocenters. The maximum absolute atomic E-state index is 12.7. The Morgan fingerprint density at radius 3 is 2.86 bits per heavy atom. The van der Waals surface area contributed by atoms with Crippen LogP contribution in [0.15, 0.2) is 18.2 Å². The van der Waals surface area contributed by atoms with E-state index >= 15 is 0 Å². The van der Waals surface area contributed by atoms with Crippen LogP contribution in [0.5, 0.6) is 0 Å². The molecule has 3 heterocycles. The number of hydrogen-bond donors (Lipinski definition) is 1. The van der Waals surface area contributed by atoms with Crippen LogP contribution in [0.4, 0.5) is 0 Å². The molecule has 2 fully saturated rings. The van der Waals surface area contributed by atoms with Gasteiger partial charge in [0.25, 0.3) is 5.91 Å². The van der Waals surface area contributed by atoms with Gasteiger partial charge in [0, 0.05) is 37.8 Å². The van der Waals surface area contributed by atoms with Crippen molar-refractivity contribution in [1.82, 2.24) is 19.8 Å². The minimum atomic E-state index is 0.0415. The number of imidazole rings is 1. The highest BCUT2D eigenvalue weighted by Gasteiger charge is 2.25. The Morgan fingerprint density at radius 2 is 2.04 bits per heavy atom. The fourth-order valence-corrected chi connectivity index (χ4v) is 4.96. The largest absolute Gasteiger partial charge is 0.377 e. The van der Waals surface area contributed by atoms with Crippen molar-refractivity contribution in [3.8, 4) is 0 Å². The van der Waals surface area contributed by atoms with Crippen molar-refractivity contribution >= 4 is 16.9 Å². The van der Waals surface area contributed by atoms with Crippen LogP contribution in [-0.2, 0) is 17.8 Å². The van der Waals surface area contributed by atoms with Crippen molar-refractivity contribution in [1.29, 1.82) is 0 Å². The average Bonchev–Trinajstić information content (AvgIpc) is 3.35. The number of amides is 1. The zero-order valence-corrected chi connectivity index (χ0v) is 16.5. The second-order valence-corrected chi connectivity index (χ2v) is 8.56. The van der Waals surface area contributed by atoms with E-state index in [-0.39, 0.29) is 5.91 Å². The SMILES string of the molecule is O=C(NC1CCCCC1)c1ccc2c(c1)nc1n2CCN(C[C@H]2CCCO2)C1. The summed E-state index contributed by atoms with van der Waals surface area (Å²) in [6.07, 6.45) is 8.68. The summed E-state index contributed by atoms with van der Waals surface area (Å²) in [5.74, 6) is 1.14. The van der Waals surface area contributed by atoms with Crippen molar-refractivity contribution in [2.75, 3.05) is 19.7 Å². The number of rotatable bonds is 4. The number of carbonyl (C=O) groups is 1. The molecule has 1 aliphatic carbocycles. The van der Waals surface area contributed by atoms with Crippen LogP contribution in [0.2, 0.25) is 0 Å². The zero-order chi connectivity index (χ0) is 18.9. The molecule has 28 heavy (non-hydrogen) atoms. The van der Waals surface area contributed by atoms with E-state index in [0.717, 1.165) is 68.0 Å². The van der Waals surface area contributed by atoms with E-state index in [1.165, 1.54) is 32.1 Å². The Kier molecular flexibility index (Phi) is 5.07. The summed E-state index contributed by atoms with van der Waals surface area (Å²) in [5, 5.41) is 3.21. The molecule has 0 radical (unpaired) electrons. The number of aromatic nitrogens is 2. The summed E-state index contributed by atoms with van der Waals surface area (Å²) >= 11 is 0. The standard InChI is InChI=1S/C22H30N4O2/c27-22(23-17-5-2-1-3-6-17)16-8-9-20-19(13-16)24-21-15-25(10-11-26(20)21)14-18-7-4-12-28-18/h8-9,13,17-18H,1-7,10-12,14-15H2,(H,23,27)/t18-/m1/s1. The first kappa shape index (κ1) is 18.1. The monoisotopic (exact) mass is 382 g/mol. The van der Waals surface area contributed by atoms with E-state index in [4.69, 9.17) is 9.72 Å². The second kappa shape index (κ2) is 7.84. The molecule has 2 aromatic rings. The second-order valence-electron chi connectivity index (χ2n) is 8.56. The molecule has 3 aliphatic rings. The van der Waals surface area contributed by atoms with Gasteiger partial charge in [0.05, 0.1) is 23.7 Å². The molecule has 6 heteroatoms. The van der Waals surface area contributed by atoms with Gasteiger partial charge in [-0.3, -0.25) is 9.69 Å². The minimum absolute atomic E-state index is 0.0415. The van der Waals surface area contributed by atoms with E-state index in [9.17, 15) is 4.79 Å². The maximum Gasteiger partial charge on any atom is 0.251 e. The van der Waals surface area contributed by atoms with Crippen molar-refractivity contribution in [2.24, 2.45) is 0 Å². The van der Waals surface area contributed by atoms with Crippen LogP contribution >= 0.6 is 0 Å². The van der Waals surface area contributed by atoms with Crippen molar-refractivity contribution < 1.29 is 9.53 Å². The van der Waals surface area contributed by atoms with Crippen LogP contribution in [0.1, 0.15) is 61.1 Å². The topological polar surface area (TPSA) is 59.4 Å². The molecule has 5 rings (SSSR count). The third-order valence-corrected chi connectivity index (χ3v) is 6.52. The predicted octanol–water partition coefficient (Wildman–Crippen LogP) is 3.09. The number of ether oxygens (including phenoxy) is 1. The predicted molar refractivity (Wildman–Crippen MR) is 108 cm³/mol. The van der Waals surface area contributed by atoms with Gasteiger partial charge >= 0.3 is 0 Å². The molecule has 150 valence electrons. The summed E-state index contributed by atoms with van der Waals surface area (Å²) in [6.45, 7) is 4.74. The van der Waals surface area contributed by atoms with Crippen LogP contribution < -0.4 is 5.32 Å². The molecule has 0 spiro atoms. The minimum Gasteiger partial charge on any atom is -0.377 e. The van der Waals surface area contributed by atoms with Gasteiger partial charge in [-0.2, -0.15) is 0 Å². The van der Waals surface area contributed by atoms with E-state index in [0.29, 0.717) is 12.1 Å². The first-order valence-electron chi connectivity index (χ1n) is 10.9. The molecule has 2 aliphatic heterocycles. The van der Waals surface area contributed by atoms with Crippen LogP contribution in [0.25, 0.3) is 11.0 Å². The van der Waals surface area contributed by atoms with Gasteiger partial charge in [-0.15, -0.1) is 0 Å². The van der Waals surface area contributed by atoms with Crippen LogP contribution in [-0.4, -0.2) is 52.2 Å². The number of nitrogens with one attached hydrogen (secondary N) is 1. The third kappa shape index (κ3) is 3.67. The Hall–Kier alpha value is -1.92. The number of fused-ring (bicyclic) bond motifs is 3. The van der Waals surface area contributed by atoms with Gasteiger partial charge in [0.2, 0.25) is 0 Å². The van der Waals surface area contributed by atoms with Gasteiger partial charge in [0.1, 0.15) is 5.82 Å². The first-order valence-corrected chi connectivity index (χ1v) is 10.9. The highest BCUT2D eigenvalue weighted by atomic mass is 16.5. The Labute approximate surface area is 166 Å². The smallest absolute Gasteiger partial charge is 0.251 e. The van der Waals surface area contributed by atoms with Gasteiger partial charge in [-0.05, 0) is 43.9 Å². The average molecular weight is 383 g/mol. The molecule has 1 amide bonds. The highest BCUT2D eigenvalue weighted by Crippen LogP contribution is 2.24. The van der Waals surface area contributed by atoms with Gasteiger partial charge in [0.15, 0.2) is 0 Å². The number of nitrogens with zero attached hydrogens (tertiary/aromatic N) is 3. The van der Waals surface area contributed by atoms with Gasteiger partial charge in [-0.1, -0.05) is 19.3 Å². The van der Waals surface area contributed by atoms with Crippen molar-refractivity contribution in [3.63, 3.8) is 0 Å². The van der Waals surface area contributed by atoms with Gasteiger partial charge in [-0.25, -0.2) is 4.98 Å². The summed E-state index contributed by atoms with van der Waals surface area (Å²) in [5.41, 5.74) is 2.80. The summed E-state index contributed by atoms with van der Waals surface area (Å²) in [4.78, 5) is 20.0. The molecular weight excluding hydrogens is 352 g/mol. The molecule has 1 aromatic carbocycles. The fraction of sp³-hybridized carbons (Fsp3) is 0.636. The lowest BCUT2D eigenvalue weighted by Gasteiger charge is -2.29. The Balaban J connectivity index is 1.30. The molecule has 6 nitrogen and oxygen atoms in total. The van der Waals surface area contributed by atoms with E-state index in [1.54, 1.807) is 0 Å². The lowest BCUT2D eigenvalue weighted by Crippen LogP contribution is -2.38. The molecule has 1 saturated carbocycles. The highest BCUT2D eigenvalue weighted by molar-refractivity contribution is 5.97. The lowest BCUT2D eigenvalue weighted by atomic mass is 9.95. The quantitative estimate of drug-likeness (QED) is 0.883. The first-order chi connectivity index (χ1) is 13.8. The Morgan fingerprint density at radius 1 is 1.14 bits per heavy atom. The Bertz CT molecular complexity index is 850. The molecule has 0 bridgehead atoms. The van der Waals surface area contributed by atoms with Crippen LogP contribution in [0.3, 0.4) is 0 Å². The number of carbonyl (C=O) groups excluding carboxylic acids is 1. The lowest BCUT2D eigenvalue weighted by molar-refractivity contribution is 0.0636. The zero-order valence-electron chi connectivity index (χ0n) is 16.5. The number of benzene rings is 1. The van der Waals surface area contributed by atoms with Crippen molar-refractivity contribution in [2.45, 2.75) is 70.2 Å². The number of hydrogen-bond acceptors (Lipinski definition) is 4. The van der Waals surface area contributed by atoms with Gasteiger partial charge < -0.3 is 14.6 Å². The summed E-state index contributed by atoms with van der Waals surface area (Å²) < 4.78 is 8.10. The van der Waals surface area contributed by atoms with Crippen molar-refractivity contribution in [3.05, 3.63) is 29.6 Å². The molecule has 1 aromatic heterocycles. The molecule has 1 atom stereocenters. The van der Waals surface area contributed by atoms with E-state index in [1.807, 2.05) is 12.1 Å². The third-order valence-electron chi connectivity index (χ3n) is 6.52. The van der Waals surface area contributed by atoms with E-state index in [2.05, 4.69) is 20.9 Å².